The summed E-state index contributed by atoms with van der Waals surface area (Å²) in [7, 11) is 0. The summed E-state index contributed by atoms with van der Waals surface area (Å²) in [6, 6.07) is 13.4. The number of carbonyl (C=O) groups is 1. The van der Waals surface area contributed by atoms with Crippen LogP contribution in [0.2, 0.25) is 0 Å². The third-order valence-electron chi connectivity index (χ3n) is 4.47. The van der Waals surface area contributed by atoms with Gasteiger partial charge in [0.25, 0.3) is 5.56 Å². The lowest BCUT2D eigenvalue weighted by Crippen LogP contribution is -2.26. The summed E-state index contributed by atoms with van der Waals surface area (Å²) in [5.74, 6) is -0.823. The van der Waals surface area contributed by atoms with Gasteiger partial charge in [-0.2, -0.15) is 0 Å². The average Bonchev–Trinajstić information content (AvgIpc) is 3.48. The number of nitrogens with one attached hydrogen (secondary N) is 1. The van der Waals surface area contributed by atoms with Crippen molar-refractivity contribution in [3.05, 3.63) is 64.7 Å². The van der Waals surface area contributed by atoms with Gasteiger partial charge in [0.2, 0.25) is 5.91 Å². The van der Waals surface area contributed by atoms with Gasteiger partial charge in [-0.1, -0.05) is 36.0 Å². The Labute approximate surface area is 159 Å². The smallest absolute Gasteiger partial charge is 0.262 e. The largest absolute Gasteiger partial charge is 0.323 e. The molecule has 7 heteroatoms. The zero-order valence-electron chi connectivity index (χ0n) is 14.7. The van der Waals surface area contributed by atoms with E-state index in [0.29, 0.717) is 16.1 Å². The van der Waals surface area contributed by atoms with Gasteiger partial charge in [-0.05, 0) is 44.0 Å². The molecule has 1 heterocycles. The first-order valence-corrected chi connectivity index (χ1v) is 9.66. The van der Waals surface area contributed by atoms with Crippen LogP contribution in [0.5, 0.6) is 0 Å². The normalized spacial score (nSPS) is 14.9. The van der Waals surface area contributed by atoms with Crippen LogP contribution in [0.4, 0.5) is 10.1 Å². The number of fused-ring (bicyclic) bond motifs is 1. The van der Waals surface area contributed by atoms with Crippen LogP contribution < -0.4 is 10.9 Å². The van der Waals surface area contributed by atoms with E-state index in [-0.39, 0.29) is 23.2 Å². The first-order valence-electron chi connectivity index (χ1n) is 8.78. The van der Waals surface area contributed by atoms with Crippen LogP contribution in [0.25, 0.3) is 10.9 Å². The molecule has 4 rings (SSSR count). The van der Waals surface area contributed by atoms with Crippen LogP contribution in [0, 0.1) is 5.82 Å². The highest BCUT2D eigenvalue weighted by Gasteiger charge is 2.30. The van der Waals surface area contributed by atoms with E-state index in [9.17, 15) is 14.0 Å². The minimum absolute atomic E-state index is 0.0766. The van der Waals surface area contributed by atoms with E-state index >= 15 is 0 Å². The number of rotatable bonds is 5. The molecule has 0 saturated heterocycles. The first-order chi connectivity index (χ1) is 13.0. The van der Waals surface area contributed by atoms with E-state index in [2.05, 4.69) is 10.3 Å². The van der Waals surface area contributed by atoms with Crippen LogP contribution in [0.15, 0.2) is 58.5 Å². The number of aromatic nitrogens is 2. The molecule has 0 aliphatic heterocycles. The second-order valence-corrected chi connectivity index (χ2v) is 7.85. The van der Waals surface area contributed by atoms with Crippen LogP contribution in [0.1, 0.15) is 25.8 Å². The second-order valence-electron chi connectivity index (χ2n) is 6.55. The van der Waals surface area contributed by atoms with Crippen LogP contribution in [0.3, 0.4) is 0 Å². The lowest BCUT2D eigenvalue weighted by Gasteiger charge is -2.16. The number of hydrogen-bond acceptors (Lipinski definition) is 4. The van der Waals surface area contributed by atoms with Crippen molar-refractivity contribution in [2.24, 2.45) is 0 Å². The Balaban J connectivity index is 1.62. The van der Waals surface area contributed by atoms with Crippen molar-refractivity contribution in [1.29, 1.82) is 0 Å². The molecule has 2 aromatic carbocycles. The molecular weight excluding hydrogens is 365 g/mol. The molecule has 3 aromatic rings. The molecule has 27 heavy (non-hydrogen) atoms. The van der Waals surface area contributed by atoms with E-state index in [1.807, 2.05) is 12.1 Å². The molecule has 1 amide bonds. The zero-order chi connectivity index (χ0) is 19.0. The topological polar surface area (TPSA) is 64.0 Å². The van der Waals surface area contributed by atoms with Gasteiger partial charge in [-0.25, -0.2) is 9.37 Å². The monoisotopic (exact) mass is 383 g/mol. The fourth-order valence-corrected chi connectivity index (χ4v) is 3.85. The zero-order valence-corrected chi connectivity index (χ0v) is 15.5. The van der Waals surface area contributed by atoms with E-state index < -0.39 is 11.1 Å². The van der Waals surface area contributed by atoms with E-state index in [4.69, 9.17) is 0 Å². The summed E-state index contributed by atoms with van der Waals surface area (Å²) in [5.41, 5.74) is 0.678. The molecule has 1 saturated carbocycles. The van der Waals surface area contributed by atoms with Gasteiger partial charge in [0, 0.05) is 6.04 Å². The molecule has 1 aliphatic rings. The number of amides is 1. The Hall–Kier alpha value is -2.67. The Morgan fingerprint density at radius 3 is 2.67 bits per heavy atom. The minimum Gasteiger partial charge on any atom is -0.323 e. The minimum atomic E-state index is -0.539. The Morgan fingerprint density at radius 1 is 1.22 bits per heavy atom. The molecular formula is C20H18FN3O2S. The molecule has 1 N–H and O–H groups in total. The summed E-state index contributed by atoms with van der Waals surface area (Å²) < 4.78 is 15.5. The summed E-state index contributed by atoms with van der Waals surface area (Å²) in [5, 5.41) is 3.16. The maximum absolute atomic E-state index is 13.8. The van der Waals surface area contributed by atoms with Gasteiger partial charge in [-0.15, -0.1) is 0 Å². The van der Waals surface area contributed by atoms with Gasteiger partial charge in [-0.3, -0.25) is 14.2 Å². The van der Waals surface area contributed by atoms with Crippen molar-refractivity contribution in [1.82, 2.24) is 9.55 Å². The number of anilines is 1. The number of para-hydroxylation sites is 2. The predicted octanol–water partition coefficient (Wildman–Crippen LogP) is 3.99. The molecule has 0 bridgehead atoms. The van der Waals surface area contributed by atoms with Crippen molar-refractivity contribution in [3.63, 3.8) is 0 Å². The second kappa shape index (κ2) is 7.15. The molecule has 1 aliphatic carbocycles. The summed E-state index contributed by atoms with van der Waals surface area (Å²) in [6.45, 7) is 1.72. The molecule has 5 nitrogen and oxygen atoms in total. The molecule has 1 atom stereocenters. The van der Waals surface area contributed by atoms with Crippen LogP contribution >= 0.6 is 11.8 Å². The summed E-state index contributed by atoms with van der Waals surface area (Å²) >= 11 is 1.22. The molecule has 0 unspecified atom stereocenters. The molecule has 1 fully saturated rings. The molecule has 1 aromatic heterocycles. The number of carbonyl (C=O) groups excluding carboxylic acids is 1. The van der Waals surface area contributed by atoms with E-state index in [1.165, 1.54) is 23.9 Å². The number of benzene rings is 2. The SMILES string of the molecule is C[C@@H](Sc1nc2ccccc2c(=O)n1C1CC1)C(=O)Nc1ccccc1F. The van der Waals surface area contributed by atoms with E-state index in [1.54, 1.807) is 35.8 Å². The predicted molar refractivity (Wildman–Crippen MR) is 105 cm³/mol. The third kappa shape index (κ3) is 3.60. The van der Waals surface area contributed by atoms with Crippen molar-refractivity contribution in [2.75, 3.05) is 5.32 Å². The average molecular weight is 383 g/mol. The standard InChI is InChI=1S/C20H18FN3O2S/c1-12(18(25)22-17-9-5-3-7-15(17)21)27-20-23-16-8-4-2-6-14(16)19(26)24(20)13-10-11-13/h2-9,12-13H,10-11H2,1H3,(H,22,25)/t12-/m1/s1. The quantitative estimate of drug-likeness (QED) is 0.534. The number of nitrogens with zero attached hydrogens (tertiary/aromatic N) is 2. The highest BCUT2D eigenvalue weighted by atomic mass is 32.2. The van der Waals surface area contributed by atoms with Crippen LogP contribution in [-0.4, -0.2) is 20.7 Å². The maximum atomic E-state index is 13.8. The summed E-state index contributed by atoms with van der Waals surface area (Å²) in [6.07, 6.45) is 1.87. The van der Waals surface area contributed by atoms with E-state index in [0.717, 1.165) is 12.8 Å². The lowest BCUT2D eigenvalue weighted by molar-refractivity contribution is -0.115. The molecule has 138 valence electrons. The van der Waals surface area contributed by atoms with Gasteiger partial charge in [0.05, 0.1) is 21.8 Å². The molecule has 0 spiro atoms. The number of thioether (sulfide) groups is 1. The number of hydrogen-bond donors (Lipinski definition) is 1. The first kappa shape index (κ1) is 17.7. The summed E-state index contributed by atoms with van der Waals surface area (Å²) in [4.78, 5) is 30.0. The Bertz CT molecular complexity index is 1080. The van der Waals surface area contributed by atoms with Gasteiger partial charge >= 0.3 is 0 Å². The lowest BCUT2D eigenvalue weighted by atomic mass is 10.2. The van der Waals surface area contributed by atoms with Gasteiger partial charge < -0.3 is 5.32 Å². The van der Waals surface area contributed by atoms with Crippen molar-refractivity contribution in [3.8, 4) is 0 Å². The van der Waals surface area contributed by atoms with Crippen molar-refractivity contribution in [2.45, 2.75) is 36.2 Å². The highest BCUT2D eigenvalue weighted by Crippen LogP contribution is 2.37. The Kier molecular flexibility index (Phi) is 4.70. The fraction of sp³-hybridized carbons (Fsp3) is 0.250. The maximum Gasteiger partial charge on any atom is 0.262 e. The Morgan fingerprint density at radius 2 is 1.93 bits per heavy atom. The van der Waals surface area contributed by atoms with Crippen LogP contribution in [-0.2, 0) is 4.79 Å². The highest BCUT2D eigenvalue weighted by molar-refractivity contribution is 8.00. The van der Waals surface area contributed by atoms with Crippen molar-refractivity contribution >= 4 is 34.3 Å². The van der Waals surface area contributed by atoms with Gasteiger partial charge in [0.15, 0.2) is 5.16 Å². The number of halogens is 1. The molecule has 0 radical (unpaired) electrons. The van der Waals surface area contributed by atoms with Crippen molar-refractivity contribution < 1.29 is 9.18 Å². The fourth-order valence-electron chi connectivity index (χ4n) is 2.87. The van der Waals surface area contributed by atoms with Gasteiger partial charge in [0.1, 0.15) is 5.82 Å². The third-order valence-corrected chi connectivity index (χ3v) is 5.54.